The maximum absolute atomic E-state index is 11.9. The fraction of sp³-hybridized carbons (Fsp3) is 0.438. The number of rotatable bonds is 7. The summed E-state index contributed by atoms with van der Waals surface area (Å²) in [6.45, 7) is 6.17. The highest BCUT2D eigenvalue weighted by atomic mass is 16.2. The van der Waals surface area contributed by atoms with E-state index in [1.54, 1.807) is 31.2 Å². The second-order valence-electron chi connectivity index (χ2n) is 5.18. The van der Waals surface area contributed by atoms with Crippen molar-refractivity contribution in [3.05, 3.63) is 29.8 Å². The molecule has 0 aliphatic carbocycles. The average molecular weight is 305 g/mol. The summed E-state index contributed by atoms with van der Waals surface area (Å²) in [5.41, 5.74) is 1.16. The highest BCUT2D eigenvalue weighted by Gasteiger charge is 2.08. The van der Waals surface area contributed by atoms with Crippen LogP contribution in [0.3, 0.4) is 0 Å². The van der Waals surface area contributed by atoms with E-state index in [-0.39, 0.29) is 23.6 Å². The summed E-state index contributed by atoms with van der Waals surface area (Å²) in [4.78, 5) is 34.5. The minimum atomic E-state index is -0.215. The van der Waals surface area contributed by atoms with E-state index in [0.29, 0.717) is 30.8 Å². The Hall–Kier alpha value is -2.37. The van der Waals surface area contributed by atoms with Gasteiger partial charge in [0.2, 0.25) is 11.8 Å². The van der Waals surface area contributed by atoms with Gasteiger partial charge in [0.1, 0.15) is 0 Å². The van der Waals surface area contributed by atoms with Gasteiger partial charge in [0.15, 0.2) is 0 Å². The summed E-state index contributed by atoms with van der Waals surface area (Å²) in [5.74, 6) is -0.419. The van der Waals surface area contributed by atoms with Crippen molar-refractivity contribution < 1.29 is 14.4 Å². The van der Waals surface area contributed by atoms with Gasteiger partial charge in [-0.05, 0) is 24.3 Å². The van der Waals surface area contributed by atoms with Gasteiger partial charge in [-0.3, -0.25) is 14.4 Å². The molecule has 0 spiro atoms. The van der Waals surface area contributed by atoms with Crippen molar-refractivity contribution >= 4 is 23.4 Å². The molecule has 0 fully saturated rings. The molecule has 0 aliphatic rings. The third-order valence-electron chi connectivity index (χ3n) is 2.99. The van der Waals surface area contributed by atoms with Crippen LogP contribution in [0.15, 0.2) is 24.3 Å². The lowest BCUT2D eigenvalue weighted by Gasteiger charge is -2.09. The van der Waals surface area contributed by atoms with Gasteiger partial charge in [-0.15, -0.1) is 0 Å². The summed E-state index contributed by atoms with van der Waals surface area (Å²) in [6.07, 6.45) is 0.428. The van der Waals surface area contributed by atoms with E-state index in [2.05, 4.69) is 16.0 Å². The zero-order valence-corrected chi connectivity index (χ0v) is 13.2. The van der Waals surface area contributed by atoms with Crippen LogP contribution < -0.4 is 16.0 Å². The zero-order valence-electron chi connectivity index (χ0n) is 13.2. The first kappa shape index (κ1) is 17.7. The molecule has 22 heavy (non-hydrogen) atoms. The number of carbonyl (C=O) groups is 3. The number of carbonyl (C=O) groups excluding carboxylic acids is 3. The number of anilines is 1. The van der Waals surface area contributed by atoms with Crippen LogP contribution in [0.25, 0.3) is 0 Å². The van der Waals surface area contributed by atoms with Crippen LogP contribution >= 0.6 is 0 Å². The topological polar surface area (TPSA) is 87.3 Å². The SMILES string of the molecule is CCC(=O)NCCNC(=O)c1ccc(NC(=O)C(C)C)cc1. The van der Waals surface area contributed by atoms with Crippen LogP contribution in [0.2, 0.25) is 0 Å². The Morgan fingerprint density at radius 1 is 1.00 bits per heavy atom. The third-order valence-corrected chi connectivity index (χ3v) is 2.99. The summed E-state index contributed by atoms with van der Waals surface area (Å²) >= 11 is 0. The van der Waals surface area contributed by atoms with Crippen molar-refractivity contribution in [1.29, 1.82) is 0 Å². The molecule has 6 heteroatoms. The van der Waals surface area contributed by atoms with Crippen molar-refractivity contribution in [1.82, 2.24) is 10.6 Å². The van der Waals surface area contributed by atoms with Crippen molar-refractivity contribution in [2.45, 2.75) is 27.2 Å². The number of benzene rings is 1. The van der Waals surface area contributed by atoms with E-state index in [9.17, 15) is 14.4 Å². The van der Waals surface area contributed by atoms with E-state index in [1.165, 1.54) is 0 Å². The molecule has 120 valence electrons. The normalized spacial score (nSPS) is 10.2. The average Bonchev–Trinajstić information content (AvgIpc) is 2.51. The largest absolute Gasteiger partial charge is 0.354 e. The van der Waals surface area contributed by atoms with Gasteiger partial charge in [-0.1, -0.05) is 20.8 Å². The number of hydrogen-bond acceptors (Lipinski definition) is 3. The van der Waals surface area contributed by atoms with Crippen LogP contribution in [0.5, 0.6) is 0 Å². The summed E-state index contributed by atoms with van der Waals surface area (Å²) in [7, 11) is 0. The molecule has 0 saturated heterocycles. The Balaban J connectivity index is 2.43. The van der Waals surface area contributed by atoms with Crippen molar-refractivity contribution in [2.75, 3.05) is 18.4 Å². The first-order valence-electron chi connectivity index (χ1n) is 7.39. The Morgan fingerprint density at radius 3 is 2.14 bits per heavy atom. The number of hydrogen-bond donors (Lipinski definition) is 3. The van der Waals surface area contributed by atoms with E-state index in [0.717, 1.165) is 0 Å². The van der Waals surface area contributed by atoms with Gasteiger partial charge in [-0.25, -0.2) is 0 Å². The molecule has 0 saturated carbocycles. The molecule has 0 aliphatic heterocycles. The Morgan fingerprint density at radius 2 is 1.59 bits per heavy atom. The number of amides is 3. The van der Waals surface area contributed by atoms with Gasteiger partial charge in [0.25, 0.3) is 5.91 Å². The highest BCUT2D eigenvalue weighted by Crippen LogP contribution is 2.10. The first-order chi connectivity index (χ1) is 10.4. The lowest BCUT2D eigenvalue weighted by Crippen LogP contribution is -2.34. The van der Waals surface area contributed by atoms with Gasteiger partial charge in [0, 0.05) is 36.7 Å². The molecule has 0 atom stereocenters. The molecule has 0 radical (unpaired) electrons. The smallest absolute Gasteiger partial charge is 0.251 e. The van der Waals surface area contributed by atoms with Gasteiger partial charge >= 0.3 is 0 Å². The van der Waals surface area contributed by atoms with Crippen LogP contribution in [-0.4, -0.2) is 30.8 Å². The number of nitrogens with one attached hydrogen (secondary N) is 3. The van der Waals surface area contributed by atoms with Crippen molar-refractivity contribution in [2.24, 2.45) is 5.92 Å². The zero-order chi connectivity index (χ0) is 16.5. The second-order valence-corrected chi connectivity index (χ2v) is 5.18. The van der Waals surface area contributed by atoms with Crippen molar-refractivity contribution in [3.8, 4) is 0 Å². The van der Waals surface area contributed by atoms with Gasteiger partial charge < -0.3 is 16.0 Å². The predicted molar refractivity (Wildman–Crippen MR) is 85.5 cm³/mol. The molecule has 0 heterocycles. The Kier molecular flexibility index (Phi) is 7.08. The minimum Gasteiger partial charge on any atom is -0.354 e. The lowest BCUT2D eigenvalue weighted by molar-refractivity contribution is -0.121. The molecule has 0 aromatic heterocycles. The van der Waals surface area contributed by atoms with Gasteiger partial charge in [0.05, 0.1) is 0 Å². The Labute approximate surface area is 130 Å². The second kappa shape index (κ2) is 8.81. The molecular weight excluding hydrogens is 282 g/mol. The van der Waals surface area contributed by atoms with Crippen LogP contribution in [-0.2, 0) is 9.59 Å². The summed E-state index contributed by atoms with van der Waals surface area (Å²) in [5, 5.41) is 8.16. The Bertz CT molecular complexity index is 524. The predicted octanol–water partition coefficient (Wildman–Crippen LogP) is 1.54. The molecule has 3 N–H and O–H groups in total. The van der Waals surface area contributed by atoms with E-state index in [4.69, 9.17) is 0 Å². The first-order valence-corrected chi connectivity index (χ1v) is 7.39. The molecule has 0 bridgehead atoms. The summed E-state index contributed by atoms with van der Waals surface area (Å²) < 4.78 is 0. The molecule has 1 aromatic carbocycles. The van der Waals surface area contributed by atoms with E-state index in [1.807, 2.05) is 13.8 Å². The van der Waals surface area contributed by atoms with E-state index < -0.39 is 0 Å². The highest BCUT2D eigenvalue weighted by molar-refractivity contribution is 5.96. The van der Waals surface area contributed by atoms with Crippen LogP contribution in [0, 0.1) is 5.92 Å². The monoisotopic (exact) mass is 305 g/mol. The van der Waals surface area contributed by atoms with Crippen molar-refractivity contribution in [3.63, 3.8) is 0 Å². The lowest BCUT2D eigenvalue weighted by atomic mass is 10.1. The molecule has 1 rings (SSSR count). The standard InChI is InChI=1S/C16H23N3O3/c1-4-14(20)17-9-10-18-16(22)12-5-7-13(8-6-12)19-15(21)11(2)3/h5-8,11H,4,9-10H2,1-3H3,(H,17,20)(H,18,22)(H,19,21). The van der Waals surface area contributed by atoms with Gasteiger partial charge in [-0.2, -0.15) is 0 Å². The summed E-state index contributed by atoms with van der Waals surface area (Å²) in [6, 6.07) is 6.67. The minimum absolute atomic E-state index is 0.0421. The molecule has 3 amide bonds. The molecule has 1 aromatic rings. The molecular formula is C16H23N3O3. The maximum Gasteiger partial charge on any atom is 0.251 e. The fourth-order valence-electron chi connectivity index (χ4n) is 1.60. The van der Waals surface area contributed by atoms with Crippen LogP contribution in [0.4, 0.5) is 5.69 Å². The fourth-order valence-corrected chi connectivity index (χ4v) is 1.60. The maximum atomic E-state index is 11.9. The van der Waals surface area contributed by atoms with E-state index >= 15 is 0 Å². The molecule has 6 nitrogen and oxygen atoms in total. The third kappa shape index (κ3) is 5.95. The molecule has 0 unspecified atom stereocenters. The quantitative estimate of drug-likeness (QED) is 0.668. The van der Waals surface area contributed by atoms with Crippen LogP contribution in [0.1, 0.15) is 37.6 Å².